The Morgan fingerprint density at radius 3 is 2.95 bits per heavy atom. The molecule has 0 aliphatic carbocycles. The number of ether oxygens (including phenoxy) is 1. The van der Waals surface area contributed by atoms with Gasteiger partial charge in [-0.05, 0) is 0 Å². The van der Waals surface area contributed by atoms with Crippen molar-refractivity contribution < 1.29 is 14.5 Å². The lowest BCUT2D eigenvalue weighted by atomic mass is 10.2. The molecule has 0 aromatic carbocycles. The van der Waals surface area contributed by atoms with Crippen molar-refractivity contribution in [1.82, 2.24) is 9.97 Å². The molecule has 2 aromatic rings. The zero-order valence-corrected chi connectivity index (χ0v) is 11.2. The minimum atomic E-state index is -0.674. The van der Waals surface area contributed by atoms with Crippen LogP contribution in [0, 0.1) is 10.1 Å². The number of methoxy groups -OCH3 is 1. The van der Waals surface area contributed by atoms with E-state index >= 15 is 0 Å². The fourth-order valence-corrected chi connectivity index (χ4v) is 2.02. The van der Waals surface area contributed by atoms with Crippen molar-refractivity contribution in [2.45, 2.75) is 6.54 Å². The first-order valence-electron chi connectivity index (χ1n) is 5.45. The molecule has 0 saturated heterocycles. The first-order valence-corrected chi connectivity index (χ1v) is 6.39. The maximum atomic E-state index is 11.3. The number of esters is 1. The van der Waals surface area contributed by atoms with Crippen molar-refractivity contribution in [1.29, 1.82) is 0 Å². The lowest BCUT2D eigenvalue weighted by Crippen LogP contribution is -2.08. The average molecular weight is 294 g/mol. The van der Waals surface area contributed by atoms with E-state index in [1.54, 1.807) is 5.51 Å². The molecule has 0 aliphatic heterocycles. The highest BCUT2D eigenvalue weighted by molar-refractivity contribution is 7.07. The summed E-state index contributed by atoms with van der Waals surface area (Å²) in [7, 11) is 1.20. The zero-order valence-electron chi connectivity index (χ0n) is 10.4. The van der Waals surface area contributed by atoms with Crippen molar-refractivity contribution in [3.05, 3.63) is 44.5 Å². The number of hydrogen-bond acceptors (Lipinski definition) is 8. The maximum absolute atomic E-state index is 11.3. The van der Waals surface area contributed by atoms with Gasteiger partial charge in [0.25, 0.3) is 0 Å². The molecular weight excluding hydrogens is 284 g/mol. The summed E-state index contributed by atoms with van der Waals surface area (Å²) in [5.74, 6) is -0.595. The minimum absolute atomic E-state index is 0.0263. The third-order valence-electron chi connectivity index (χ3n) is 2.41. The Morgan fingerprint density at radius 2 is 2.35 bits per heavy atom. The van der Waals surface area contributed by atoms with Crippen LogP contribution in [0.4, 0.5) is 11.5 Å². The minimum Gasteiger partial charge on any atom is -0.465 e. The van der Waals surface area contributed by atoms with E-state index in [-0.39, 0.29) is 17.1 Å². The SMILES string of the molecule is COC(=O)c1cnc(NCc2cscn2)c([N+](=O)[O-])c1. The van der Waals surface area contributed by atoms with Crippen molar-refractivity contribution in [2.75, 3.05) is 12.4 Å². The predicted octanol–water partition coefficient (Wildman–Crippen LogP) is 1.84. The maximum Gasteiger partial charge on any atom is 0.339 e. The largest absolute Gasteiger partial charge is 0.465 e. The van der Waals surface area contributed by atoms with Gasteiger partial charge in [0, 0.05) is 17.6 Å². The van der Waals surface area contributed by atoms with Crippen LogP contribution >= 0.6 is 11.3 Å². The van der Waals surface area contributed by atoms with Crippen LogP contribution < -0.4 is 5.32 Å². The second-order valence-electron chi connectivity index (χ2n) is 3.67. The molecule has 9 heteroatoms. The molecule has 0 amide bonds. The second kappa shape index (κ2) is 6.06. The summed E-state index contributed by atoms with van der Waals surface area (Å²) in [4.78, 5) is 29.7. The van der Waals surface area contributed by atoms with Gasteiger partial charge < -0.3 is 10.1 Å². The first kappa shape index (κ1) is 13.9. The molecule has 2 rings (SSSR count). The Bertz CT molecular complexity index is 629. The standard InChI is InChI=1S/C11H10N4O4S/c1-19-11(16)7-2-9(15(17)18)10(12-3-7)13-4-8-5-20-6-14-8/h2-3,5-6H,4H2,1H3,(H,12,13). The number of carbonyl (C=O) groups is 1. The molecule has 8 nitrogen and oxygen atoms in total. The average Bonchev–Trinajstić information content (AvgIpc) is 2.97. The third kappa shape index (κ3) is 3.06. The van der Waals surface area contributed by atoms with Crippen molar-refractivity contribution in [3.63, 3.8) is 0 Å². The summed E-state index contributed by atoms with van der Waals surface area (Å²) in [6.07, 6.45) is 1.22. The Hall–Kier alpha value is -2.55. The number of carbonyl (C=O) groups excluding carboxylic acids is 1. The van der Waals surface area contributed by atoms with Gasteiger partial charge in [-0.2, -0.15) is 0 Å². The van der Waals surface area contributed by atoms with Crippen molar-refractivity contribution in [3.8, 4) is 0 Å². The third-order valence-corrected chi connectivity index (χ3v) is 3.04. The fourth-order valence-electron chi connectivity index (χ4n) is 1.46. The van der Waals surface area contributed by atoms with E-state index in [1.807, 2.05) is 5.38 Å². The zero-order chi connectivity index (χ0) is 14.5. The van der Waals surface area contributed by atoms with Gasteiger partial charge in [-0.15, -0.1) is 11.3 Å². The van der Waals surface area contributed by atoms with E-state index in [0.29, 0.717) is 6.54 Å². The number of hydrogen-bond donors (Lipinski definition) is 1. The summed E-state index contributed by atoms with van der Waals surface area (Å²) < 4.78 is 4.50. The van der Waals surface area contributed by atoms with Gasteiger partial charge >= 0.3 is 11.7 Å². The smallest absolute Gasteiger partial charge is 0.339 e. The van der Waals surface area contributed by atoms with Crippen LogP contribution in [0.2, 0.25) is 0 Å². The molecule has 0 unspecified atom stereocenters. The number of nitrogens with one attached hydrogen (secondary N) is 1. The predicted molar refractivity (Wildman–Crippen MR) is 71.7 cm³/mol. The highest BCUT2D eigenvalue weighted by atomic mass is 32.1. The molecule has 1 N–H and O–H groups in total. The summed E-state index contributed by atoms with van der Waals surface area (Å²) in [6.45, 7) is 0.314. The van der Waals surface area contributed by atoms with Crippen LogP contribution in [-0.4, -0.2) is 28.0 Å². The lowest BCUT2D eigenvalue weighted by Gasteiger charge is -2.05. The van der Waals surface area contributed by atoms with Gasteiger partial charge in [0.05, 0.1) is 35.3 Å². The highest BCUT2D eigenvalue weighted by Gasteiger charge is 2.19. The van der Waals surface area contributed by atoms with Gasteiger partial charge in [-0.25, -0.2) is 14.8 Å². The summed E-state index contributed by atoms with van der Waals surface area (Å²) in [6, 6.07) is 1.13. The van der Waals surface area contributed by atoms with Gasteiger partial charge in [-0.3, -0.25) is 10.1 Å². The summed E-state index contributed by atoms with van der Waals surface area (Å²) in [5, 5.41) is 15.6. The van der Waals surface area contributed by atoms with E-state index < -0.39 is 10.9 Å². The summed E-state index contributed by atoms with van der Waals surface area (Å²) in [5.41, 5.74) is 2.16. The number of anilines is 1. The van der Waals surface area contributed by atoms with Crippen molar-refractivity contribution >= 4 is 28.8 Å². The fraction of sp³-hybridized carbons (Fsp3) is 0.182. The Labute approximate surface area is 117 Å². The molecular formula is C11H10N4O4S. The molecule has 0 spiro atoms. The Kier molecular flexibility index (Phi) is 4.20. The van der Waals surface area contributed by atoms with Gasteiger partial charge in [0.2, 0.25) is 5.82 Å². The quantitative estimate of drug-likeness (QED) is 0.509. The van der Waals surface area contributed by atoms with Crippen LogP contribution in [0.3, 0.4) is 0 Å². The monoisotopic (exact) mass is 294 g/mol. The molecule has 2 aromatic heterocycles. The number of aromatic nitrogens is 2. The Morgan fingerprint density at radius 1 is 1.55 bits per heavy atom. The first-order chi connectivity index (χ1) is 9.61. The molecule has 0 aliphatic rings. The van der Waals surface area contributed by atoms with E-state index in [2.05, 4.69) is 20.0 Å². The molecule has 2 heterocycles. The van der Waals surface area contributed by atoms with Crippen LogP contribution in [-0.2, 0) is 11.3 Å². The van der Waals surface area contributed by atoms with Gasteiger partial charge in [-0.1, -0.05) is 0 Å². The van der Waals surface area contributed by atoms with Crippen LogP contribution in [0.15, 0.2) is 23.2 Å². The van der Waals surface area contributed by atoms with Gasteiger partial charge in [0.1, 0.15) is 0 Å². The van der Waals surface area contributed by atoms with E-state index in [0.717, 1.165) is 11.8 Å². The van der Waals surface area contributed by atoms with E-state index in [4.69, 9.17) is 0 Å². The summed E-state index contributed by atoms with van der Waals surface area (Å²) >= 11 is 1.43. The number of nitrogens with zero attached hydrogens (tertiary/aromatic N) is 3. The molecule has 0 radical (unpaired) electrons. The van der Waals surface area contributed by atoms with Crippen molar-refractivity contribution in [2.24, 2.45) is 0 Å². The van der Waals surface area contributed by atoms with Gasteiger partial charge in [0.15, 0.2) is 0 Å². The molecule has 104 valence electrons. The number of thiazole rings is 1. The van der Waals surface area contributed by atoms with Crippen LogP contribution in [0.1, 0.15) is 16.1 Å². The van der Waals surface area contributed by atoms with Crippen LogP contribution in [0.5, 0.6) is 0 Å². The molecule has 0 saturated carbocycles. The number of pyridine rings is 1. The Balaban J connectivity index is 2.23. The topological polar surface area (TPSA) is 107 Å². The highest BCUT2D eigenvalue weighted by Crippen LogP contribution is 2.23. The lowest BCUT2D eigenvalue weighted by molar-refractivity contribution is -0.384. The molecule has 0 bridgehead atoms. The van der Waals surface area contributed by atoms with Crippen LogP contribution in [0.25, 0.3) is 0 Å². The molecule has 20 heavy (non-hydrogen) atoms. The van der Waals surface area contributed by atoms with E-state index in [9.17, 15) is 14.9 Å². The number of rotatable bonds is 5. The normalized spacial score (nSPS) is 10.1. The molecule has 0 atom stereocenters. The molecule has 0 fully saturated rings. The second-order valence-corrected chi connectivity index (χ2v) is 4.39. The van der Waals surface area contributed by atoms with E-state index in [1.165, 1.54) is 24.6 Å². The number of nitro groups is 1.